The standard InChI is InChI=1S/C19H16N2O4/c1-12-7-16(20)15(8-14(12)18-9-21-11-25-18)19(23)24-10-17(22)13-5-3-2-4-6-13/h2-9,11H,10,20H2,1H3. The van der Waals surface area contributed by atoms with Crippen LogP contribution in [0.4, 0.5) is 5.69 Å². The molecule has 0 amide bonds. The summed E-state index contributed by atoms with van der Waals surface area (Å²) in [7, 11) is 0. The molecule has 0 aliphatic rings. The van der Waals surface area contributed by atoms with Gasteiger partial charge in [-0.2, -0.15) is 0 Å². The summed E-state index contributed by atoms with van der Waals surface area (Å²) in [6, 6.07) is 11.9. The summed E-state index contributed by atoms with van der Waals surface area (Å²) < 4.78 is 10.4. The summed E-state index contributed by atoms with van der Waals surface area (Å²) in [4.78, 5) is 28.2. The number of oxazole rings is 1. The second-order valence-corrected chi connectivity index (χ2v) is 5.49. The second kappa shape index (κ2) is 7.00. The van der Waals surface area contributed by atoms with Crippen LogP contribution in [0.3, 0.4) is 0 Å². The molecule has 0 spiro atoms. The van der Waals surface area contributed by atoms with Gasteiger partial charge in [-0.15, -0.1) is 0 Å². The maximum atomic E-state index is 12.3. The highest BCUT2D eigenvalue weighted by Crippen LogP contribution is 2.28. The van der Waals surface area contributed by atoms with Crippen molar-refractivity contribution in [2.24, 2.45) is 0 Å². The van der Waals surface area contributed by atoms with Gasteiger partial charge < -0.3 is 14.9 Å². The molecule has 3 aromatic rings. The Morgan fingerprint density at radius 2 is 1.96 bits per heavy atom. The van der Waals surface area contributed by atoms with Crippen LogP contribution in [0.25, 0.3) is 11.3 Å². The number of rotatable bonds is 5. The first-order chi connectivity index (χ1) is 12.1. The molecule has 0 bridgehead atoms. The number of anilines is 1. The van der Waals surface area contributed by atoms with Crippen molar-refractivity contribution in [3.8, 4) is 11.3 Å². The summed E-state index contributed by atoms with van der Waals surface area (Å²) in [5.74, 6) is -0.426. The first kappa shape index (κ1) is 16.4. The van der Waals surface area contributed by atoms with Gasteiger partial charge in [0.2, 0.25) is 0 Å². The number of aromatic nitrogens is 1. The van der Waals surface area contributed by atoms with Crippen LogP contribution in [0.1, 0.15) is 26.3 Å². The molecule has 0 atom stereocenters. The van der Waals surface area contributed by atoms with Gasteiger partial charge in [0.05, 0.1) is 11.8 Å². The number of hydrogen-bond donors (Lipinski definition) is 1. The van der Waals surface area contributed by atoms with Gasteiger partial charge >= 0.3 is 5.97 Å². The minimum Gasteiger partial charge on any atom is -0.454 e. The maximum Gasteiger partial charge on any atom is 0.340 e. The van der Waals surface area contributed by atoms with Gasteiger partial charge in [0.15, 0.2) is 24.5 Å². The summed E-state index contributed by atoms with van der Waals surface area (Å²) >= 11 is 0. The number of aryl methyl sites for hydroxylation is 1. The molecular weight excluding hydrogens is 320 g/mol. The molecule has 126 valence electrons. The van der Waals surface area contributed by atoms with Gasteiger partial charge in [-0.3, -0.25) is 4.79 Å². The van der Waals surface area contributed by atoms with E-state index in [4.69, 9.17) is 14.9 Å². The topological polar surface area (TPSA) is 95.4 Å². The number of ether oxygens (including phenoxy) is 1. The van der Waals surface area contributed by atoms with Crippen LogP contribution in [-0.2, 0) is 4.74 Å². The van der Waals surface area contributed by atoms with Gasteiger partial charge in [-0.1, -0.05) is 30.3 Å². The van der Waals surface area contributed by atoms with Crippen LogP contribution in [0.5, 0.6) is 0 Å². The predicted molar refractivity (Wildman–Crippen MR) is 92.1 cm³/mol. The molecule has 6 heteroatoms. The Morgan fingerprint density at radius 1 is 1.20 bits per heavy atom. The largest absolute Gasteiger partial charge is 0.454 e. The third-order valence-electron chi connectivity index (χ3n) is 3.74. The summed E-state index contributed by atoms with van der Waals surface area (Å²) in [5, 5.41) is 0. The van der Waals surface area contributed by atoms with Gasteiger partial charge in [-0.25, -0.2) is 9.78 Å². The molecule has 25 heavy (non-hydrogen) atoms. The minimum atomic E-state index is -0.664. The van der Waals surface area contributed by atoms with Crippen molar-refractivity contribution in [2.45, 2.75) is 6.92 Å². The zero-order valence-corrected chi connectivity index (χ0v) is 13.6. The fraction of sp³-hybridized carbons (Fsp3) is 0.105. The van der Waals surface area contributed by atoms with Crippen molar-refractivity contribution in [3.63, 3.8) is 0 Å². The van der Waals surface area contributed by atoms with Crippen molar-refractivity contribution in [3.05, 3.63) is 71.7 Å². The van der Waals surface area contributed by atoms with E-state index in [2.05, 4.69) is 4.98 Å². The number of hydrogen-bond acceptors (Lipinski definition) is 6. The molecule has 2 aromatic carbocycles. The normalized spacial score (nSPS) is 10.4. The van der Waals surface area contributed by atoms with Crippen LogP contribution < -0.4 is 5.73 Å². The van der Waals surface area contributed by atoms with E-state index in [0.717, 1.165) is 5.56 Å². The Labute approximate surface area is 144 Å². The SMILES string of the molecule is Cc1cc(N)c(C(=O)OCC(=O)c2ccccc2)cc1-c1cnco1. The number of esters is 1. The zero-order valence-electron chi connectivity index (χ0n) is 13.6. The molecule has 1 heterocycles. The van der Waals surface area contributed by atoms with Crippen LogP contribution in [0.2, 0.25) is 0 Å². The van der Waals surface area contributed by atoms with Crippen molar-refractivity contribution < 1.29 is 18.7 Å². The number of benzene rings is 2. The van der Waals surface area contributed by atoms with Crippen LogP contribution in [0.15, 0.2) is 59.5 Å². The van der Waals surface area contributed by atoms with Crippen LogP contribution >= 0.6 is 0 Å². The average molecular weight is 336 g/mol. The molecule has 0 saturated carbocycles. The first-order valence-electron chi connectivity index (χ1n) is 7.60. The number of carbonyl (C=O) groups excluding carboxylic acids is 2. The van der Waals surface area contributed by atoms with Crippen molar-refractivity contribution in [1.82, 2.24) is 4.98 Å². The highest BCUT2D eigenvalue weighted by Gasteiger charge is 2.18. The fourth-order valence-corrected chi connectivity index (χ4v) is 2.44. The maximum absolute atomic E-state index is 12.3. The van der Waals surface area contributed by atoms with E-state index in [1.54, 1.807) is 48.7 Å². The monoisotopic (exact) mass is 336 g/mol. The van der Waals surface area contributed by atoms with Gasteiger partial charge in [0, 0.05) is 16.8 Å². The number of nitrogen functional groups attached to an aromatic ring is 1. The van der Waals surface area contributed by atoms with E-state index < -0.39 is 5.97 Å². The predicted octanol–water partition coefficient (Wildman–Crippen LogP) is 3.27. The Hall–Kier alpha value is -3.41. The Morgan fingerprint density at radius 3 is 2.64 bits per heavy atom. The molecule has 0 unspecified atom stereocenters. The van der Waals surface area contributed by atoms with E-state index in [-0.39, 0.29) is 23.6 Å². The molecule has 3 rings (SSSR count). The Bertz CT molecular complexity index is 903. The average Bonchev–Trinajstić information content (AvgIpc) is 3.14. The molecule has 0 saturated heterocycles. The Balaban J connectivity index is 1.78. The van der Waals surface area contributed by atoms with E-state index in [1.807, 2.05) is 6.92 Å². The number of ketones is 1. The molecule has 2 N–H and O–H groups in total. The molecule has 0 fully saturated rings. The van der Waals surface area contributed by atoms with Crippen LogP contribution in [-0.4, -0.2) is 23.3 Å². The van der Waals surface area contributed by atoms with E-state index in [9.17, 15) is 9.59 Å². The number of carbonyl (C=O) groups is 2. The molecule has 0 radical (unpaired) electrons. The summed E-state index contributed by atoms with van der Waals surface area (Å²) in [5.41, 5.74) is 8.39. The summed E-state index contributed by atoms with van der Waals surface area (Å²) in [6.45, 7) is 1.50. The van der Waals surface area contributed by atoms with Gasteiger partial charge in [0.1, 0.15) is 0 Å². The fourth-order valence-electron chi connectivity index (χ4n) is 2.44. The number of nitrogens with two attached hydrogens (primary N) is 1. The molecule has 6 nitrogen and oxygen atoms in total. The van der Waals surface area contributed by atoms with E-state index in [1.165, 1.54) is 6.39 Å². The van der Waals surface area contributed by atoms with Gasteiger partial charge in [-0.05, 0) is 24.6 Å². The lowest BCUT2D eigenvalue weighted by molar-refractivity contribution is 0.0476. The summed E-state index contributed by atoms with van der Waals surface area (Å²) in [6.07, 6.45) is 2.86. The lowest BCUT2D eigenvalue weighted by atomic mass is 10.0. The van der Waals surface area contributed by atoms with Crippen LogP contribution in [0, 0.1) is 6.92 Å². The zero-order chi connectivity index (χ0) is 17.8. The smallest absolute Gasteiger partial charge is 0.340 e. The third-order valence-corrected chi connectivity index (χ3v) is 3.74. The highest BCUT2D eigenvalue weighted by molar-refractivity contribution is 6.01. The molecular formula is C19H16N2O4. The lowest BCUT2D eigenvalue weighted by Crippen LogP contribution is -2.15. The van der Waals surface area contributed by atoms with E-state index >= 15 is 0 Å². The molecule has 0 aliphatic heterocycles. The quantitative estimate of drug-likeness (QED) is 0.436. The second-order valence-electron chi connectivity index (χ2n) is 5.49. The number of nitrogens with zero attached hydrogens (tertiary/aromatic N) is 1. The van der Waals surface area contributed by atoms with Crippen molar-refractivity contribution in [1.29, 1.82) is 0 Å². The van der Waals surface area contributed by atoms with Crippen molar-refractivity contribution in [2.75, 3.05) is 12.3 Å². The van der Waals surface area contributed by atoms with E-state index in [0.29, 0.717) is 16.9 Å². The lowest BCUT2D eigenvalue weighted by Gasteiger charge is -2.10. The molecule has 1 aromatic heterocycles. The number of Topliss-reactive ketones (excluding diaryl/α,β-unsaturated/α-hetero) is 1. The van der Waals surface area contributed by atoms with Gasteiger partial charge in [0.25, 0.3) is 0 Å². The molecule has 0 aliphatic carbocycles. The third kappa shape index (κ3) is 3.58. The first-order valence-corrected chi connectivity index (χ1v) is 7.60. The highest BCUT2D eigenvalue weighted by atomic mass is 16.5. The van der Waals surface area contributed by atoms with Crippen molar-refractivity contribution >= 4 is 17.4 Å². The minimum absolute atomic E-state index is 0.179. The Kier molecular flexibility index (Phi) is 4.61.